The summed E-state index contributed by atoms with van der Waals surface area (Å²) >= 11 is 0. The Morgan fingerprint density at radius 3 is 2.23 bits per heavy atom. The molecule has 1 heterocycles. The van der Waals surface area contributed by atoms with Crippen molar-refractivity contribution in [2.24, 2.45) is 0 Å². The number of rotatable bonds is 5. The number of nitrogens with zero attached hydrogens (tertiary/aromatic N) is 1. The van der Waals surface area contributed by atoms with Gasteiger partial charge < -0.3 is 4.42 Å². The summed E-state index contributed by atoms with van der Waals surface area (Å²) in [5.41, 5.74) is 0.680. The normalized spacial score (nSPS) is 14.0. The molecule has 3 rings (SSSR count). The van der Waals surface area contributed by atoms with E-state index >= 15 is 0 Å². The Morgan fingerprint density at radius 1 is 0.923 bits per heavy atom. The predicted molar refractivity (Wildman–Crippen MR) is 99.1 cm³/mol. The zero-order chi connectivity index (χ0) is 19.1. The number of furan rings is 1. The van der Waals surface area contributed by atoms with Crippen molar-refractivity contribution in [1.29, 1.82) is 0 Å². The zero-order valence-electron chi connectivity index (χ0n) is 14.6. The number of fused-ring (bicyclic) bond motifs is 1. The molecule has 26 heavy (non-hydrogen) atoms. The molecule has 0 amide bonds. The van der Waals surface area contributed by atoms with Gasteiger partial charge in [-0.25, -0.2) is 16.8 Å². The fourth-order valence-electron chi connectivity index (χ4n) is 2.63. The molecule has 6 nitrogen and oxygen atoms in total. The fourth-order valence-corrected chi connectivity index (χ4v) is 4.75. The summed E-state index contributed by atoms with van der Waals surface area (Å²) in [5, 5.41) is 0.888. The van der Waals surface area contributed by atoms with Crippen LogP contribution in [-0.2, 0) is 19.9 Å². The highest BCUT2D eigenvalue weighted by molar-refractivity contribution is 7.91. The summed E-state index contributed by atoms with van der Waals surface area (Å²) in [5.74, 6) is 0.511. The van der Waals surface area contributed by atoms with E-state index in [1.165, 1.54) is 35.6 Å². The topological polar surface area (TPSA) is 84.7 Å². The Balaban J connectivity index is 1.98. The first-order valence-corrected chi connectivity index (χ1v) is 11.2. The molecule has 0 N–H and O–H groups in total. The predicted octanol–water partition coefficient (Wildman–Crippen LogP) is 3.22. The molecule has 2 aromatic carbocycles. The molecule has 0 saturated carbocycles. The highest BCUT2D eigenvalue weighted by Crippen LogP contribution is 2.30. The lowest BCUT2D eigenvalue weighted by atomic mass is 10.2. The van der Waals surface area contributed by atoms with Crippen molar-refractivity contribution in [2.45, 2.75) is 22.8 Å². The maximum atomic E-state index is 12.9. The van der Waals surface area contributed by atoms with Crippen LogP contribution in [0.4, 0.5) is 0 Å². The summed E-state index contributed by atoms with van der Waals surface area (Å²) in [7, 11) is -5.96. The maximum Gasteiger partial charge on any atom is 0.243 e. The van der Waals surface area contributed by atoms with E-state index in [2.05, 4.69) is 0 Å². The van der Waals surface area contributed by atoms with E-state index in [0.717, 1.165) is 11.6 Å². The molecule has 8 heteroatoms. The van der Waals surface area contributed by atoms with E-state index in [9.17, 15) is 16.8 Å². The van der Waals surface area contributed by atoms with Crippen molar-refractivity contribution in [2.75, 3.05) is 13.3 Å². The fraction of sp³-hybridized carbons (Fsp3) is 0.222. The Hall–Kier alpha value is -2.16. The van der Waals surface area contributed by atoms with E-state index in [-0.39, 0.29) is 9.79 Å². The molecular weight excluding hydrogens is 374 g/mol. The first-order chi connectivity index (χ1) is 12.1. The second kappa shape index (κ2) is 6.53. The van der Waals surface area contributed by atoms with Gasteiger partial charge in [0.15, 0.2) is 9.84 Å². The third-order valence-corrected chi connectivity index (χ3v) is 7.35. The largest absolute Gasteiger partial charge is 0.459 e. The number of para-hydroxylation sites is 1. The highest BCUT2D eigenvalue weighted by atomic mass is 32.2. The lowest BCUT2D eigenvalue weighted by molar-refractivity contribution is 0.348. The SMILES string of the molecule is CC(c1cc2ccccc2o1)N(C)S(=O)(=O)c1cccc(S(C)(=O)=O)c1. The maximum absolute atomic E-state index is 12.9. The number of hydrogen-bond donors (Lipinski definition) is 0. The molecule has 1 unspecified atom stereocenters. The van der Waals surface area contributed by atoms with E-state index in [0.29, 0.717) is 11.3 Å². The minimum absolute atomic E-state index is 0.0386. The lowest BCUT2D eigenvalue weighted by Crippen LogP contribution is -2.29. The van der Waals surface area contributed by atoms with Crippen LogP contribution >= 0.6 is 0 Å². The number of sulfonamides is 1. The molecule has 3 aromatic rings. The van der Waals surface area contributed by atoms with Crippen LogP contribution in [-0.4, -0.2) is 34.4 Å². The van der Waals surface area contributed by atoms with Gasteiger partial charge in [-0.2, -0.15) is 4.31 Å². The molecule has 0 saturated heterocycles. The van der Waals surface area contributed by atoms with Crippen LogP contribution in [0, 0.1) is 0 Å². The minimum atomic E-state index is -3.90. The van der Waals surface area contributed by atoms with Crippen LogP contribution in [0.2, 0.25) is 0 Å². The Bertz CT molecular complexity index is 1130. The smallest absolute Gasteiger partial charge is 0.243 e. The molecule has 0 spiro atoms. The standard InChI is InChI=1S/C18H19NO5S2/c1-13(18-11-14-7-4-5-10-17(14)24-18)19(2)26(22,23)16-9-6-8-15(12-16)25(3,20)21/h4-13H,1-3H3. The average molecular weight is 393 g/mol. The van der Waals surface area contributed by atoms with Crippen molar-refractivity contribution in [1.82, 2.24) is 4.31 Å². The van der Waals surface area contributed by atoms with Gasteiger partial charge in [0.25, 0.3) is 0 Å². The number of benzene rings is 2. The average Bonchev–Trinajstić information content (AvgIpc) is 3.04. The van der Waals surface area contributed by atoms with Gasteiger partial charge in [0, 0.05) is 18.7 Å². The van der Waals surface area contributed by atoms with E-state index in [1.807, 2.05) is 24.3 Å². The molecule has 138 valence electrons. The molecule has 0 bridgehead atoms. The van der Waals surface area contributed by atoms with Crippen LogP contribution in [0.1, 0.15) is 18.7 Å². The second-order valence-corrected chi connectivity index (χ2v) is 10.1. The Labute approximate surface area is 153 Å². The van der Waals surface area contributed by atoms with Crippen LogP contribution in [0.5, 0.6) is 0 Å². The summed E-state index contributed by atoms with van der Waals surface area (Å²) in [6.07, 6.45) is 1.04. The van der Waals surface area contributed by atoms with E-state index < -0.39 is 25.9 Å². The quantitative estimate of drug-likeness (QED) is 0.664. The molecule has 0 aliphatic rings. The molecule has 0 aliphatic carbocycles. The van der Waals surface area contributed by atoms with Crippen molar-refractivity contribution in [3.63, 3.8) is 0 Å². The first kappa shape index (κ1) is 18.6. The van der Waals surface area contributed by atoms with Gasteiger partial charge in [-0.1, -0.05) is 24.3 Å². The third kappa shape index (κ3) is 3.40. The minimum Gasteiger partial charge on any atom is -0.459 e. The van der Waals surface area contributed by atoms with Gasteiger partial charge in [-0.15, -0.1) is 0 Å². The van der Waals surface area contributed by atoms with Gasteiger partial charge in [-0.05, 0) is 37.3 Å². The monoisotopic (exact) mass is 393 g/mol. The summed E-state index contributed by atoms with van der Waals surface area (Å²) in [6.45, 7) is 1.72. The molecule has 0 aliphatic heterocycles. The van der Waals surface area contributed by atoms with Crippen molar-refractivity contribution >= 4 is 30.8 Å². The Morgan fingerprint density at radius 2 is 1.58 bits per heavy atom. The van der Waals surface area contributed by atoms with Crippen molar-refractivity contribution < 1.29 is 21.3 Å². The van der Waals surface area contributed by atoms with Crippen LogP contribution in [0.15, 0.2) is 68.8 Å². The molecule has 1 atom stereocenters. The van der Waals surface area contributed by atoms with E-state index in [1.54, 1.807) is 13.0 Å². The van der Waals surface area contributed by atoms with Crippen LogP contribution < -0.4 is 0 Å². The number of hydrogen-bond acceptors (Lipinski definition) is 5. The summed E-state index contributed by atoms with van der Waals surface area (Å²) in [6, 6.07) is 14.0. The molecule has 1 aromatic heterocycles. The summed E-state index contributed by atoms with van der Waals surface area (Å²) < 4.78 is 56.2. The third-order valence-electron chi connectivity index (χ3n) is 4.31. The summed E-state index contributed by atoms with van der Waals surface area (Å²) in [4.78, 5) is -0.116. The molecular formula is C18H19NO5S2. The lowest BCUT2D eigenvalue weighted by Gasteiger charge is -2.23. The van der Waals surface area contributed by atoms with Crippen LogP contribution in [0.3, 0.4) is 0 Å². The van der Waals surface area contributed by atoms with Gasteiger partial charge in [0.1, 0.15) is 11.3 Å². The van der Waals surface area contributed by atoms with Gasteiger partial charge >= 0.3 is 0 Å². The van der Waals surface area contributed by atoms with Gasteiger partial charge in [-0.3, -0.25) is 0 Å². The highest BCUT2D eigenvalue weighted by Gasteiger charge is 2.29. The van der Waals surface area contributed by atoms with E-state index in [4.69, 9.17) is 4.42 Å². The van der Waals surface area contributed by atoms with Gasteiger partial charge in [0.05, 0.1) is 15.8 Å². The van der Waals surface area contributed by atoms with Gasteiger partial charge in [0.2, 0.25) is 10.0 Å². The Kier molecular flexibility index (Phi) is 4.68. The second-order valence-electron chi connectivity index (χ2n) is 6.13. The van der Waals surface area contributed by atoms with Crippen molar-refractivity contribution in [3.05, 3.63) is 60.4 Å². The van der Waals surface area contributed by atoms with Crippen LogP contribution in [0.25, 0.3) is 11.0 Å². The van der Waals surface area contributed by atoms with Crippen molar-refractivity contribution in [3.8, 4) is 0 Å². The molecule has 0 fully saturated rings. The number of sulfone groups is 1. The first-order valence-electron chi connectivity index (χ1n) is 7.87. The molecule has 0 radical (unpaired) electrons. The zero-order valence-corrected chi connectivity index (χ0v) is 16.2.